The number of aliphatic hydroxyl groups excluding tert-OH is 2. The Morgan fingerprint density at radius 1 is 1.00 bits per heavy atom. The minimum atomic E-state index is -0.214. The number of hydrogen-bond donors (Lipinski definition) is 2. The Morgan fingerprint density at radius 3 is 2.52 bits per heavy atom. The fourth-order valence-electron chi connectivity index (χ4n) is 8.07. The molecule has 0 saturated heterocycles. The van der Waals surface area contributed by atoms with E-state index < -0.39 is 0 Å². The van der Waals surface area contributed by atoms with E-state index >= 15 is 0 Å². The van der Waals surface area contributed by atoms with Gasteiger partial charge in [0.1, 0.15) is 0 Å². The summed E-state index contributed by atoms with van der Waals surface area (Å²) in [5.74, 6) is 2.99. The molecule has 23 heavy (non-hydrogen) atoms. The number of rotatable bonds is 1. The maximum Gasteiger partial charge on any atom is 0.0603 e. The second kappa shape index (κ2) is 5.46. The highest BCUT2D eigenvalue weighted by Gasteiger charge is 2.64. The molecule has 4 rings (SSSR count). The van der Waals surface area contributed by atoms with Crippen molar-refractivity contribution in [3.05, 3.63) is 0 Å². The molecule has 4 saturated carbocycles. The third kappa shape index (κ3) is 2.06. The highest BCUT2D eigenvalue weighted by atomic mass is 16.3. The summed E-state index contributed by atoms with van der Waals surface area (Å²) in [6.07, 6.45) is 10.8. The van der Waals surface area contributed by atoms with Crippen molar-refractivity contribution >= 4 is 0 Å². The van der Waals surface area contributed by atoms with Crippen LogP contribution < -0.4 is 0 Å². The summed E-state index contributed by atoms with van der Waals surface area (Å²) in [7, 11) is 0. The van der Waals surface area contributed by atoms with Crippen LogP contribution in [0.3, 0.4) is 0 Å². The van der Waals surface area contributed by atoms with Crippen molar-refractivity contribution in [2.24, 2.45) is 40.4 Å². The minimum Gasteiger partial charge on any atom is -0.393 e. The molecule has 0 aromatic rings. The van der Waals surface area contributed by atoms with E-state index in [0.29, 0.717) is 29.1 Å². The van der Waals surface area contributed by atoms with Crippen molar-refractivity contribution in [2.45, 2.75) is 90.8 Å². The third-order valence-electron chi connectivity index (χ3n) is 9.35. The standard InChI is InChI=1S/C21H36O2/c1-4-13-11-17(22)19-15-9-8-14-7-5-6-10-20(14,2)16(15)12-18(23)21(13,19)3/h13-19,22-23H,4-12H2,1-3H3/t13-,14?,15+,16-,17?,18?,19+,20-,21-/m0/s1. The van der Waals surface area contributed by atoms with Crippen LogP contribution in [0, 0.1) is 40.4 Å². The van der Waals surface area contributed by atoms with Gasteiger partial charge < -0.3 is 10.2 Å². The van der Waals surface area contributed by atoms with E-state index in [4.69, 9.17) is 0 Å². The van der Waals surface area contributed by atoms with Gasteiger partial charge in [-0.2, -0.15) is 0 Å². The Morgan fingerprint density at radius 2 is 1.78 bits per heavy atom. The molecular weight excluding hydrogens is 284 g/mol. The van der Waals surface area contributed by atoms with Crippen LogP contribution in [0.5, 0.6) is 0 Å². The fraction of sp³-hybridized carbons (Fsp3) is 1.00. The summed E-state index contributed by atoms with van der Waals surface area (Å²) in [5.41, 5.74) is 0.376. The molecule has 0 aliphatic heterocycles. The molecule has 0 aromatic carbocycles. The normalized spacial score (nSPS) is 59.1. The van der Waals surface area contributed by atoms with Gasteiger partial charge in [0, 0.05) is 5.41 Å². The van der Waals surface area contributed by atoms with Gasteiger partial charge in [-0.05, 0) is 73.5 Å². The first-order valence-corrected chi connectivity index (χ1v) is 10.3. The van der Waals surface area contributed by atoms with E-state index in [2.05, 4.69) is 20.8 Å². The van der Waals surface area contributed by atoms with Crippen molar-refractivity contribution in [1.82, 2.24) is 0 Å². The Bertz CT molecular complexity index is 463. The highest BCUT2D eigenvalue weighted by Crippen LogP contribution is 2.67. The van der Waals surface area contributed by atoms with Gasteiger partial charge in [-0.15, -0.1) is 0 Å². The monoisotopic (exact) mass is 320 g/mol. The average Bonchev–Trinajstić information content (AvgIpc) is 2.80. The van der Waals surface area contributed by atoms with E-state index in [9.17, 15) is 10.2 Å². The molecule has 2 heteroatoms. The molecule has 0 aromatic heterocycles. The lowest BCUT2D eigenvalue weighted by Gasteiger charge is -2.62. The zero-order chi connectivity index (χ0) is 16.4. The number of fused-ring (bicyclic) bond motifs is 5. The van der Waals surface area contributed by atoms with Crippen molar-refractivity contribution in [3.63, 3.8) is 0 Å². The Balaban J connectivity index is 1.71. The Hall–Kier alpha value is -0.0800. The van der Waals surface area contributed by atoms with Crippen LogP contribution in [-0.4, -0.2) is 22.4 Å². The van der Waals surface area contributed by atoms with Crippen molar-refractivity contribution < 1.29 is 10.2 Å². The van der Waals surface area contributed by atoms with E-state index in [-0.39, 0.29) is 17.6 Å². The van der Waals surface area contributed by atoms with Gasteiger partial charge in [0.2, 0.25) is 0 Å². The largest absolute Gasteiger partial charge is 0.393 e. The van der Waals surface area contributed by atoms with E-state index in [1.807, 2.05) is 0 Å². The maximum absolute atomic E-state index is 11.2. The van der Waals surface area contributed by atoms with E-state index in [1.165, 1.54) is 38.5 Å². The van der Waals surface area contributed by atoms with Crippen LogP contribution in [0.2, 0.25) is 0 Å². The summed E-state index contributed by atoms with van der Waals surface area (Å²) in [4.78, 5) is 0. The van der Waals surface area contributed by atoms with Gasteiger partial charge in [0.15, 0.2) is 0 Å². The van der Waals surface area contributed by atoms with E-state index in [0.717, 1.165) is 25.2 Å². The first-order chi connectivity index (χ1) is 10.9. The molecule has 2 nitrogen and oxygen atoms in total. The molecule has 0 bridgehead atoms. The van der Waals surface area contributed by atoms with Gasteiger partial charge in [-0.1, -0.05) is 40.0 Å². The quantitative estimate of drug-likeness (QED) is 0.752. The lowest BCUT2D eigenvalue weighted by atomic mass is 9.44. The van der Waals surface area contributed by atoms with Crippen molar-refractivity contribution in [3.8, 4) is 0 Å². The van der Waals surface area contributed by atoms with Crippen LogP contribution >= 0.6 is 0 Å². The van der Waals surface area contributed by atoms with Crippen LogP contribution in [-0.2, 0) is 0 Å². The SMILES string of the molecule is CC[C@H]1CC(O)[C@H]2[C@@H]3CCC4CCCC[C@]4(C)[C@H]3CC(O)[C@]12C. The third-order valence-corrected chi connectivity index (χ3v) is 9.35. The molecule has 3 unspecified atom stereocenters. The fourth-order valence-corrected chi connectivity index (χ4v) is 8.07. The summed E-state index contributed by atoms with van der Waals surface area (Å²) in [6.45, 7) is 7.07. The highest BCUT2D eigenvalue weighted by molar-refractivity contribution is 5.13. The second-order valence-corrected chi connectivity index (χ2v) is 9.85. The molecule has 4 aliphatic rings. The number of aliphatic hydroxyl groups is 2. The van der Waals surface area contributed by atoms with E-state index in [1.54, 1.807) is 0 Å². The summed E-state index contributed by atoms with van der Waals surface area (Å²) >= 11 is 0. The zero-order valence-electron chi connectivity index (χ0n) is 15.3. The van der Waals surface area contributed by atoms with Crippen LogP contribution in [0.15, 0.2) is 0 Å². The van der Waals surface area contributed by atoms with Crippen molar-refractivity contribution in [2.75, 3.05) is 0 Å². The smallest absolute Gasteiger partial charge is 0.0603 e. The lowest BCUT2D eigenvalue weighted by molar-refractivity contribution is -0.176. The minimum absolute atomic E-state index is 0.0484. The predicted octanol–water partition coefficient (Wildman–Crippen LogP) is 4.39. The molecule has 4 fully saturated rings. The Kier molecular flexibility index (Phi) is 3.89. The molecule has 4 aliphatic carbocycles. The Labute approximate surface area is 142 Å². The van der Waals surface area contributed by atoms with Crippen LogP contribution in [0.25, 0.3) is 0 Å². The molecule has 2 N–H and O–H groups in total. The number of hydrogen-bond acceptors (Lipinski definition) is 2. The topological polar surface area (TPSA) is 40.5 Å². The molecule has 0 amide bonds. The van der Waals surface area contributed by atoms with Gasteiger partial charge in [0.05, 0.1) is 12.2 Å². The van der Waals surface area contributed by atoms with Crippen LogP contribution in [0.4, 0.5) is 0 Å². The predicted molar refractivity (Wildman–Crippen MR) is 92.9 cm³/mol. The van der Waals surface area contributed by atoms with Gasteiger partial charge in [0.25, 0.3) is 0 Å². The lowest BCUT2D eigenvalue weighted by Crippen LogP contribution is -2.59. The average molecular weight is 321 g/mol. The van der Waals surface area contributed by atoms with Crippen molar-refractivity contribution in [1.29, 1.82) is 0 Å². The maximum atomic E-state index is 11.2. The summed E-state index contributed by atoms with van der Waals surface area (Å²) in [6, 6.07) is 0. The van der Waals surface area contributed by atoms with Gasteiger partial charge in [-0.25, -0.2) is 0 Å². The molecule has 0 radical (unpaired) electrons. The first-order valence-electron chi connectivity index (χ1n) is 10.3. The molecule has 0 heterocycles. The molecular formula is C21H36O2. The molecule has 9 atom stereocenters. The molecule has 0 spiro atoms. The first kappa shape index (κ1) is 16.4. The summed E-state index contributed by atoms with van der Waals surface area (Å²) in [5, 5.41) is 22.1. The summed E-state index contributed by atoms with van der Waals surface area (Å²) < 4.78 is 0. The van der Waals surface area contributed by atoms with Gasteiger partial charge >= 0.3 is 0 Å². The zero-order valence-corrected chi connectivity index (χ0v) is 15.3. The van der Waals surface area contributed by atoms with Crippen LogP contribution in [0.1, 0.15) is 78.6 Å². The van der Waals surface area contributed by atoms with Gasteiger partial charge in [-0.3, -0.25) is 0 Å². The molecule has 132 valence electrons. The second-order valence-electron chi connectivity index (χ2n) is 9.85.